The monoisotopic (exact) mass is 473 g/mol. The Morgan fingerprint density at radius 2 is 1.71 bits per heavy atom. The summed E-state index contributed by atoms with van der Waals surface area (Å²) in [5.74, 6) is 1.97. The zero-order valence-corrected chi connectivity index (χ0v) is 19.1. The molecule has 1 fully saturated rings. The van der Waals surface area contributed by atoms with E-state index in [1.807, 2.05) is 30.3 Å². The zero-order chi connectivity index (χ0) is 24.2. The largest absolute Gasteiger partial charge is 0.497 e. The fourth-order valence-corrected chi connectivity index (χ4v) is 3.86. The Morgan fingerprint density at radius 3 is 2.40 bits per heavy atom. The van der Waals surface area contributed by atoms with Gasteiger partial charge in [0.25, 0.3) is 5.56 Å². The number of carbonyl (C=O) groups is 1. The van der Waals surface area contributed by atoms with Gasteiger partial charge in [0.2, 0.25) is 5.91 Å². The molecule has 178 valence electrons. The predicted molar refractivity (Wildman–Crippen MR) is 126 cm³/mol. The maximum Gasteiger partial charge on any atom is 0.254 e. The quantitative estimate of drug-likeness (QED) is 0.397. The van der Waals surface area contributed by atoms with Crippen molar-refractivity contribution in [3.63, 3.8) is 0 Å². The number of nitrogens with zero attached hydrogens (tertiary/aromatic N) is 9. The Hall–Kier alpha value is -4.61. The first-order valence-electron chi connectivity index (χ1n) is 11.0. The van der Waals surface area contributed by atoms with E-state index in [0.29, 0.717) is 37.7 Å². The van der Waals surface area contributed by atoms with Crippen LogP contribution in [0.1, 0.15) is 0 Å². The number of benzene rings is 1. The minimum absolute atomic E-state index is 0.0569. The third-order valence-corrected chi connectivity index (χ3v) is 5.82. The SMILES string of the molecule is COc1ccc(-c2cc(=O)n(CC(=O)N3CCN(c4cc(-n5cncn5)ncn4)CC3)cn2)cc1. The van der Waals surface area contributed by atoms with Crippen LogP contribution in [0.3, 0.4) is 0 Å². The van der Waals surface area contributed by atoms with Gasteiger partial charge in [0.05, 0.1) is 19.1 Å². The first kappa shape index (κ1) is 22.2. The molecule has 4 aromatic rings. The number of hydrogen-bond donors (Lipinski definition) is 0. The summed E-state index contributed by atoms with van der Waals surface area (Å²) in [4.78, 5) is 46.2. The second kappa shape index (κ2) is 9.71. The molecule has 0 bridgehead atoms. The zero-order valence-electron chi connectivity index (χ0n) is 19.1. The number of ether oxygens (including phenoxy) is 1. The van der Waals surface area contributed by atoms with Gasteiger partial charge in [0.1, 0.15) is 37.1 Å². The minimum atomic E-state index is -0.278. The van der Waals surface area contributed by atoms with E-state index < -0.39 is 0 Å². The Balaban J connectivity index is 1.20. The molecule has 3 aromatic heterocycles. The molecule has 12 heteroatoms. The van der Waals surface area contributed by atoms with Crippen molar-refractivity contribution in [2.75, 3.05) is 38.2 Å². The number of anilines is 1. The van der Waals surface area contributed by atoms with Crippen LogP contribution in [0.2, 0.25) is 0 Å². The average Bonchev–Trinajstić information content (AvgIpc) is 3.45. The van der Waals surface area contributed by atoms with E-state index in [1.54, 1.807) is 23.0 Å². The minimum Gasteiger partial charge on any atom is -0.497 e. The lowest BCUT2D eigenvalue weighted by Crippen LogP contribution is -2.50. The van der Waals surface area contributed by atoms with Gasteiger partial charge < -0.3 is 14.5 Å². The van der Waals surface area contributed by atoms with Crippen molar-refractivity contribution in [2.45, 2.75) is 6.54 Å². The molecule has 1 saturated heterocycles. The summed E-state index contributed by atoms with van der Waals surface area (Å²) in [5.41, 5.74) is 1.07. The number of piperazine rings is 1. The van der Waals surface area contributed by atoms with Gasteiger partial charge in [-0.1, -0.05) is 0 Å². The molecule has 1 amide bonds. The van der Waals surface area contributed by atoms with Crippen LogP contribution in [0, 0.1) is 0 Å². The van der Waals surface area contributed by atoms with E-state index in [2.05, 4.69) is 29.9 Å². The summed E-state index contributed by atoms with van der Waals surface area (Å²) in [6.45, 7) is 2.21. The van der Waals surface area contributed by atoms with E-state index in [0.717, 1.165) is 17.1 Å². The average molecular weight is 473 g/mol. The van der Waals surface area contributed by atoms with Gasteiger partial charge in [-0.3, -0.25) is 14.2 Å². The molecule has 1 aliphatic rings. The predicted octanol–water partition coefficient (Wildman–Crippen LogP) is 0.638. The summed E-state index contributed by atoms with van der Waals surface area (Å²) in [6, 6.07) is 10.6. The fraction of sp³-hybridized carbons (Fsp3) is 0.261. The molecule has 5 rings (SSSR count). The lowest BCUT2D eigenvalue weighted by molar-refractivity contribution is -0.132. The van der Waals surface area contributed by atoms with E-state index in [1.165, 1.54) is 29.6 Å². The van der Waals surface area contributed by atoms with Crippen LogP contribution in [-0.2, 0) is 11.3 Å². The van der Waals surface area contributed by atoms with Crippen molar-refractivity contribution >= 4 is 11.7 Å². The maximum atomic E-state index is 12.9. The highest BCUT2D eigenvalue weighted by Gasteiger charge is 2.23. The molecule has 0 spiro atoms. The Kier molecular flexibility index (Phi) is 6.16. The smallest absolute Gasteiger partial charge is 0.254 e. The van der Waals surface area contributed by atoms with Crippen molar-refractivity contribution in [1.29, 1.82) is 0 Å². The van der Waals surface area contributed by atoms with Gasteiger partial charge in [-0.05, 0) is 24.3 Å². The van der Waals surface area contributed by atoms with E-state index >= 15 is 0 Å². The fourth-order valence-electron chi connectivity index (χ4n) is 3.86. The van der Waals surface area contributed by atoms with Crippen LogP contribution in [0.4, 0.5) is 5.82 Å². The highest BCUT2D eigenvalue weighted by Crippen LogP contribution is 2.19. The third kappa shape index (κ3) is 4.86. The van der Waals surface area contributed by atoms with Crippen molar-refractivity contribution in [3.05, 3.63) is 72.1 Å². The van der Waals surface area contributed by atoms with E-state index in [-0.39, 0.29) is 18.0 Å². The van der Waals surface area contributed by atoms with Gasteiger partial charge in [-0.2, -0.15) is 5.10 Å². The standard InChI is InChI=1S/C23H23N9O3/c1-35-18-4-2-17(3-5-18)19-10-22(33)31(16-27-19)12-23(34)30-8-6-29(7-9-30)20-11-21(26-14-25-20)32-15-24-13-28-32/h2-5,10-11,13-16H,6-9,12H2,1H3. The first-order valence-corrected chi connectivity index (χ1v) is 11.0. The van der Waals surface area contributed by atoms with Gasteiger partial charge in [-0.25, -0.2) is 24.6 Å². The van der Waals surface area contributed by atoms with Crippen LogP contribution in [0.15, 0.2) is 66.5 Å². The van der Waals surface area contributed by atoms with Gasteiger partial charge >= 0.3 is 0 Å². The maximum absolute atomic E-state index is 12.9. The molecule has 4 heterocycles. The molecule has 0 saturated carbocycles. The van der Waals surface area contributed by atoms with Crippen LogP contribution >= 0.6 is 0 Å². The number of aromatic nitrogens is 7. The second-order valence-electron chi connectivity index (χ2n) is 7.91. The third-order valence-electron chi connectivity index (χ3n) is 5.82. The first-order chi connectivity index (χ1) is 17.1. The van der Waals surface area contributed by atoms with Crippen molar-refractivity contribution in [2.24, 2.45) is 0 Å². The normalized spacial score (nSPS) is 13.6. The topological polar surface area (TPSA) is 124 Å². The summed E-state index contributed by atoms with van der Waals surface area (Å²) in [5, 5.41) is 4.09. The molecule has 0 aliphatic carbocycles. The van der Waals surface area contributed by atoms with E-state index in [4.69, 9.17) is 4.74 Å². The van der Waals surface area contributed by atoms with Crippen LogP contribution in [0.5, 0.6) is 5.75 Å². The summed E-state index contributed by atoms with van der Waals surface area (Å²) >= 11 is 0. The lowest BCUT2D eigenvalue weighted by Gasteiger charge is -2.35. The molecule has 0 atom stereocenters. The Morgan fingerprint density at radius 1 is 0.943 bits per heavy atom. The van der Waals surface area contributed by atoms with Crippen LogP contribution in [0.25, 0.3) is 17.1 Å². The second-order valence-corrected chi connectivity index (χ2v) is 7.91. The summed E-state index contributed by atoms with van der Waals surface area (Å²) < 4.78 is 8.05. The van der Waals surface area contributed by atoms with Crippen molar-refractivity contribution in [1.82, 2.24) is 39.2 Å². The van der Waals surface area contributed by atoms with Crippen molar-refractivity contribution < 1.29 is 9.53 Å². The summed E-state index contributed by atoms with van der Waals surface area (Å²) in [6.07, 6.45) is 5.92. The molecule has 1 aromatic carbocycles. The lowest BCUT2D eigenvalue weighted by atomic mass is 10.1. The molecule has 12 nitrogen and oxygen atoms in total. The number of methoxy groups -OCH3 is 1. The number of carbonyl (C=O) groups excluding carboxylic acids is 1. The molecule has 0 N–H and O–H groups in total. The number of amides is 1. The highest BCUT2D eigenvalue weighted by atomic mass is 16.5. The van der Waals surface area contributed by atoms with Gasteiger partial charge in [0.15, 0.2) is 5.82 Å². The van der Waals surface area contributed by atoms with Crippen molar-refractivity contribution in [3.8, 4) is 22.8 Å². The molecule has 35 heavy (non-hydrogen) atoms. The molecule has 0 unspecified atom stereocenters. The number of hydrogen-bond acceptors (Lipinski definition) is 9. The number of rotatable bonds is 6. The molecule has 0 radical (unpaired) electrons. The highest BCUT2D eigenvalue weighted by molar-refractivity contribution is 5.76. The van der Waals surface area contributed by atoms with E-state index in [9.17, 15) is 9.59 Å². The van der Waals surface area contributed by atoms with Gasteiger partial charge in [0, 0.05) is 43.9 Å². The molecular formula is C23H23N9O3. The molecule has 1 aliphatic heterocycles. The molecular weight excluding hydrogens is 450 g/mol. The van der Waals surface area contributed by atoms with Crippen LogP contribution in [-0.4, -0.2) is 78.4 Å². The Bertz CT molecular complexity index is 1360. The summed E-state index contributed by atoms with van der Waals surface area (Å²) in [7, 11) is 1.60. The van der Waals surface area contributed by atoms with Gasteiger partial charge in [-0.15, -0.1) is 0 Å². The Labute approximate surface area is 200 Å². The van der Waals surface area contributed by atoms with Crippen LogP contribution < -0.4 is 15.2 Å².